The number of nitrogens with two attached hydrogens (primary N) is 1. The number of nitrogens with one attached hydrogen (secondary N) is 1. The molecule has 1 aliphatic rings. The minimum Gasteiger partial charge on any atom is -0.449 e. The van der Waals surface area contributed by atoms with Gasteiger partial charge in [-0.05, 0) is 46.4 Å². The highest BCUT2D eigenvalue weighted by atomic mass is 19.4. The van der Waals surface area contributed by atoms with Crippen LogP contribution in [0, 0.1) is 5.82 Å². The molecule has 0 aromatic heterocycles. The second kappa shape index (κ2) is 9.59. The van der Waals surface area contributed by atoms with E-state index in [0.29, 0.717) is 6.07 Å². The van der Waals surface area contributed by atoms with Crippen molar-refractivity contribution in [1.29, 1.82) is 0 Å². The summed E-state index contributed by atoms with van der Waals surface area (Å²) < 4.78 is 58.5. The maximum atomic E-state index is 13.6. The number of alkyl carbamates (subject to hydrolysis) is 1. The van der Waals surface area contributed by atoms with Crippen molar-refractivity contribution >= 4 is 17.9 Å². The Labute approximate surface area is 194 Å². The Morgan fingerprint density at radius 1 is 1.03 bits per heavy atom. The molecule has 3 N–H and O–H groups in total. The van der Waals surface area contributed by atoms with E-state index in [4.69, 9.17) is 10.5 Å². The van der Waals surface area contributed by atoms with Crippen molar-refractivity contribution in [3.8, 4) is 11.1 Å². The normalized spacial score (nSPS) is 13.1. The smallest absolute Gasteiger partial charge is 0.417 e. The van der Waals surface area contributed by atoms with Gasteiger partial charge in [-0.1, -0.05) is 60.7 Å². The van der Waals surface area contributed by atoms with Gasteiger partial charge in [-0.15, -0.1) is 0 Å². The zero-order valence-corrected chi connectivity index (χ0v) is 18.0. The fourth-order valence-corrected chi connectivity index (χ4v) is 4.11. The quantitative estimate of drug-likeness (QED) is 0.250. The Bertz CT molecular complexity index is 1190. The van der Waals surface area contributed by atoms with E-state index in [9.17, 15) is 22.4 Å². The lowest BCUT2D eigenvalue weighted by atomic mass is 9.98. The second-order valence-electron chi connectivity index (χ2n) is 7.90. The predicted molar refractivity (Wildman–Crippen MR) is 123 cm³/mol. The lowest BCUT2D eigenvalue weighted by molar-refractivity contribution is -0.137. The van der Waals surface area contributed by atoms with Gasteiger partial charge in [0.2, 0.25) is 0 Å². The van der Waals surface area contributed by atoms with Crippen LogP contribution in [-0.2, 0) is 10.9 Å². The van der Waals surface area contributed by atoms with Gasteiger partial charge in [0.25, 0.3) is 0 Å². The molecular weight excluding hydrogens is 448 g/mol. The number of ether oxygens (including phenoxy) is 1. The first-order valence-electron chi connectivity index (χ1n) is 10.7. The molecule has 34 heavy (non-hydrogen) atoms. The van der Waals surface area contributed by atoms with Gasteiger partial charge in [0, 0.05) is 12.5 Å². The minimum atomic E-state index is -4.67. The summed E-state index contributed by atoms with van der Waals surface area (Å²) in [6.45, 7) is 0.307. The molecule has 0 heterocycles. The summed E-state index contributed by atoms with van der Waals surface area (Å²) >= 11 is 0. The number of hydrogen-bond acceptors (Lipinski definition) is 3. The van der Waals surface area contributed by atoms with E-state index in [2.05, 4.69) is 5.32 Å². The van der Waals surface area contributed by atoms with Crippen LogP contribution in [0.5, 0.6) is 0 Å². The van der Waals surface area contributed by atoms with Crippen LogP contribution >= 0.6 is 0 Å². The average molecular weight is 470 g/mol. The van der Waals surface area contributed by atoms with Crippen molar-refractivity contribution in [3.05, 3.63) is 94.8 Å². The van der Waals surface area contributed by atoms with E-state index in [0.717, 1.165) is 34.4 Å². The molecule has 0 radical (unpaired) electrons. The molecule has 4 rings (SSSR count). The molecule has 0 spiro atoms. The van der Waals surface area contributed by atoms with Crippen molar-refractivity contribution < 1.29 is 27.1 Å². The standard InChI is InChI=1S/C26H22F4N2O2/c27-23-13-16(22(14-24(23)31)26(28,29)30)7-5-6-12-32-25(33)34-15-21-19-10-3-1-8-17(19)18-9-2-4-11-20(18)21/h1-5,7-11,13-14,21H,6,12,15,31H2,(H,32,33). The molecule has 8 heteroatoms. The van der Waals surface area contributed by atoms with Gasteiger partial charge in [-0.2, -0.15) is 13.2 Å². The highest BCUT2D eigenvalue weighted by Gasteiger charge is 2.33. The zero-order chi connectivity index (χ0) is 24.3. The molecule has 1 aliphatic carbocycles. The molecule has 0 saturated heterocycles. The molecule has 3 aromatic rings. The number of carbonyl (C=O) groups excluding carboxylic acids is 1. The summed E-state index contributed by atoms with van der Waals surface area (Å²) in [6, 6.07) is 17.3. The molecule has 176 valence electrons. The van der Waals surface area contributed by atoms with Crippen molar-refractivity contribution in [3.63, 3.8) is 0 Å². The van der Waals surface area contributed by atoms with E-state index in [1.54, 1.807) is 0 Å². The summed E-state index contributed by atoms with van der Waals surface area (Å²) in [4.78, 5) is 12.2. The van der Waals surface area contributed by atoms with Crippen LogP contribution in [0.4, 0.5) is 28.0 Å². The highest BCUT2D eigenvalue weighted by molar-refractivity contribution is 5.79. The summed E-state index contributed by atoms with van der Waals surface area (Å²) in [5.41, 5.74) is 7.77. The molecule has 0 bridgehead atoms. The third-order valence-electron chi connectivity index (χ3n) is 5.70. The minimum absolute atomic E-state index is 0.0701. The molecule has 0 fully saturated rings. The SMILES string of the molecule is Nc1cc(C(F)(F)F)c(C=CCCNC(=O)OCC2c3ccccc3-c3ccccc32)cc1F. The van der Waals surface area contributed by atoms with Crippen LogP contribution in [0.2, 0.25) is 0 Å². The van der Waals surface area contributed by atoms with Crippen LogP contribution in [0.25, 0.3) is 17.2 Å². The monoisotopic (exact) mass is 470 g/mol. The number of carbonyl (C=O) groups is 1. The molecule has 1 amide bonds. The van der Waals surface area contributed by atoms with Crippen molar-refractivity contribution in [2.75, 3.05) is 18.9 Å². The van der Waals surface area contributed by atoms with Crippen LogP contribution in [0.15, 0.2) is 66.7 Å². The number of hydrogen-bond donors (Lipinski definition) is 2. The van der Waals surface area contributed by atoms with Crippen molar-refractivity contribution in [2.45, 2.75) is 18.5 Å². The lowest BCUT2D eigenvalue weighted by Crippen LogP contribution is -2.26. The highest BCUT2D eigenvalue weighted by Crippen LogP contribution is 2.44. The fraction of sp³-hybridized carbons (Fsp3) is 0.192. The van der Waals surface area contributed by atoms with Crippen molar-refractivity contribution in [1.82, 2.24) is 5.32 Å². The van der Waals surface area contributed by atoms with Crippen molar-refractivity contribution in [2.24, 2.45) is 0 Å². The Kier molecular flexibility index (Phi) is 6.58. The molecule has 0 unspecified atom stereocenters. The Hall–Kier alpha value is -3.81. The van der Waals surface area contributed by atoms with Crippen LogP contribution in [0.3, 0.4) is 0 Å². The van der Waals surface area contributed by atoms with E-state index in [1.165, 1.54) is 6.08 Å². The number of nitrogen functional groups attached to an aromatic ring is 1. The topological polar surface area (TPSA) is 64.3 Å². The van der Waals surface area contributed by atoms with Gasteiger partial charge in [0.1, 0.15) is 12.4 Å². The fourth-order valence-electron chi connectivity index (χ4n) is 4.11. The molecule has 0 aliphatic heterocycles. The Balaban J connectivity index is 1.31. The Morgan fingerprint density at radius 2 is 1.65 bits per heavy atom. The first-order valence-corrected chi connectivity index (χ1v) is 10.7. The van der Waals surface area contributed by atoms with Gasteiger partial charge in [0.15, 0.2) is 0 Å². The number of rotatable bonds is 6. The number of alkyl halides is 3. The molecule has 4 nitrogen and oxygen atoms in total. The molecule has 0 saturated carbocycles. The Morgan fingerprint density at radius 3 is 2.26 bits per heavy atom. The molecule has 3 aromatic carbocycles. The predicted octanol–water partition coefficient (Wildman–Crippen LogP) is 6.37. The first kappa shape index (κ1) is 23.4. The van der Waals surface area contributed by atoms with E-state index < -0.39 is 29.3 Å². The number of amides is 1. The number of fused-ring (bicyclic) bond motifs is 3. The van der Waals surface area contributed by atoms with E-state index in [-0.39, 0.29) is 31.1 Å². The third-order valence-corrected chi connectivity index (χ3v) is 5.70. The number of halogens is 4. The van der Waals surface area contributed by atoms with E-state index in [1.807, 2.05) is 48.5 Å². The summed E-state index contributed by atoms with van der Waals surface area (Å²) in [5.74, 6) is -0.997. The van der Waals surface area contributed by atoms with Gasteiger partial charge < -0.3 is 15.8 Å². The maximum absolute atomic E-state index is 13.6. The van der Waals surface area contributed by atoms with Crippen LogP contribution in [-0.4, -0.2) is 19.2 Å². The largest absolute Gasteiger partial charge is 0.449 e. The number of anilines is 1. The number of benzene rings is 3. The van der Waals surface area contributed by atoms with Gasteiger partial charge in [-0.3, -0.25) is 0 Å². The van der Waals surface area contributed by atoms with Crippen LogP contribution in [0.1, 0.15) is 34.6 Å². The second-order valence-corrected chi connectivity index (χ2v) is 7.90. The van der Waals surface area contributed by atoms with Gasteiger partial charge in [0.05, 0.1) is 11.3 Å². The summed E-state index contributed by atoms with van der Waals surface area (Å²) in [6.07, 6.45) is -2.48. The summed E-state index contributed by atoms with van der Waals surface area (Å²) in [7, 11) is 0. The summed E-state index contributed by atoms with van der Waals surface area (Å²) in [5, 5.41) is 2.58. The van der Waals surface area contributed by atoms with E-state index >= 15 is 0 Å². The van der Waals surface area contributed by atoms with Gasteiger partial charge in [-0.25, -0.2) is 9.18 Å². The lowest BCUT2D eigenvalue weighted by Gasteiger charge is -2.14. The van der Waals surface area contributed by atoms with Gasteiger partial charge >= 0.3 is 12.3 Å². The maximum Gasteiger partial charge on any atom is 0.417 e. The van der Waals surface area contributed by atoms with Crippen LogP contribution < -0.4 is 11.1 Å². The third kappa shape index (κ3) is 4.90. The zero-order valence-electron chi connectivity index (χ0n) is 18.0. The average Bonchev–Trinajstić information content (AvgIpc) is 3.12. The molecule has 0 atom stereocenters. The first-order chi connectivity index (χ1) is 16.3. The molecular formula is C26H22F4N2O2.